The second-order valence-electron chi connectivity index (χ2n) is 2.43. The number of halogens is 1. The predicted molar refractivity (Wildman–Crippen MR) is 54.0 cm³/mol. The number of hydrogen-bond donors (Lipinski definition) is 0. The summed E-state index contributed by atoms with van der Waals surface area (Å²) in [6, 6.07) is 0. The van der Waals surface area contributed by atoms with Gasteiger partial charge >= 0.3 is 0 Å². The fourth-order valence-electron chi connectivity index (χ4n) is 0.781. The largest absolute Gasteiger partial charge is 0.374 e. The first kappa shape index (κ1) is 10.6. The Hall–Kier alpha value is -0.450. The number of ether oxygens (including phenoxy) is 1. The van der Waals surface area contributed by atoms with E-state index in [4.69, 9.17) is 16.3 Å². The van der Waals surface area contributed by atoms with Gasteiger partial charge in [-0.05, 0) is 24.4 Å². The maximum absolute atomic E-state index is 5.60. The van der Waals surface area contributed by atoms with Crippen LogP contribution in [0.5, 0.6) is 0 Å². The molecule has 13 heavy (non-hydrogen) atoms. The standard InChI is InChI=1S/C8H11ClN2OS/c1-2-3-4-5-12-6-7-10-11-8(9)13-7/h2H,1,3-6H2. The minimum atomic E-state index is 0.463. The molecule has 0 spiro atoms. The van der Waals surface area contributed by atoms with Crippen LogP contribution in [0.4, 0.5) is 0 Å². The molecule has 0 saturated heterocycles. The molecular weight excluding hydrogens is 208 g/mol. The minimum Gasteiger partial charge on any atom is -0.374 e. The Morgan fingerprint density at radius 1 is 1.54 bits per heavy atom. The topological polar surface area (TPSA) is 35.0 Å². The van der Waals surface area contributed by atoms with Crippen LogP contribution in [-0.4, -0.2) is 16.8 Å². The van der Waals surface area contributed by atoms with Crippen molar-refractivity contribution in [2.45, 2.75) is 19.4 Å². The molecule has 0 amide bonds. The molecule has 72 valence electrons. The number of hydrogen-bond acceptors (Lipinski definition) is 4. The van der Waals surface area contributed by atoms with E-state index in [1.54, 1.807) is 0 Å². The maximum Gasteiger partial charge on any atom is 0.207 e. The average molecular weight is 219 g/mol. The van der Waals surface area contributed by atoms with Gasteiger partial charge in [0.2, 0.25) is 4.47 Å². The van der Waals surface area contributed by atoms with Crippen LogP contribution < -0.4 is 0 Å². The smallest absolute Gasteiger partial charge is 0.207 e. The van der Waals surface area contributed by atoms with Crippen molar-refractivity contribution in [3.05, 3.63) is 22.1 Å². The summed E-state index contributed by atoms with van der Waals surface area (Å²) in [5, 5.41) is 8.32. The fraction of sp³-hybridized carbons (Fsp3) is 0.500. The van der Waals surface area contributed by atoms with Crippen LogP contribution in [-0.2, 0) is 11.3 Å². The molecule has 0 fully saturated rings. The first-order valence-electron chi connectivity index (χ1n) is 3.99. The summed E-state index contributed by atoms with van der Waals surface area (Å²) >= 11 is 6.95. The van der Waals surface area contributed by atoms with Crippen molar-refractivity contribution < 1.29 is 4.74 Å². The fourth-order valence-corrected chi connectivity index (χ4v) is 1.59. The zero-order valence-corrected chi connectivity index (χ0v) is 8.77. The van der Waals surface area contributed by atoms with E-state index in [0.29, 0.717) is 11.1 Å². The summed E-state index contributed by atoms with van der Waals surface area (Å²) < 4.78 is 5.80. The molecule has 0 atom stereocenters. The van der Waals surface area contributed by atoms with Crippen LogP contribution in [0.25, 0.3) is 0 Å². The summed E-state index contributed by atoms with van der Waals surface area (Å²) in [5.74, 6) is 0. The Morgan fingerprint density at radius 2 is 2.38 bits per heavy atom. The molecule has 0 unspecified atom stereocenters. The molecule has 0 aromatic carbocycles. The lowest BCUT2D eigenvalue weighted by atomic mass is 10.3. The van der Waals surface area contributed by atoms with E-state index in [0.717, 1.165) is 24.5 Å². The third-order valence-electron chi connectivity index (χ3n) is 1.36. The molecule has 1 aromatic heterocycles. The molecule has 0 bridgehead atoms. The zero-order valence-electron chi connectivity index (χ0n) is 7.20. The minimum absolute atomic E-state index is 0.463. The molecule has 0 aliphatic rings. The van der Waals surface area contributed by atoms with Gasteiger partial charge < -0.3 is 4.74 Å². The van der Waals surface area contributed by atoms with E-state index in [2.05, 4.69) is 16.8 Å². The Kier molecular flexibility index (Phi) is 4.97. The molecule has 0 radical (unpaired) electrons. The van der Waals surface area contributed by atoms with Gasteiger partial charge in [-0.15, -0.1) is 16.8 Å². The number of rotatable bonds is 6. The van der Waals surface area contributed by atoms with Crippen molar-refractivity contribution in [2.75, 3.05) is 6.61 Å². The van der Waals surface area contributed by atoms with Gasteiger partial charge in [-0.25, -0.2) is 0 Å². The first-order valence-corrected chi connectivity index (χ1v) is 5.19. The SMILES string of the molecule is C=CCCCOCc1nnc(Cl)s1. The van der Waals surface area contributed by atoms with Crippen molar-refractivity contribution in [1.82, 2.24) is 10.2 Å². The normalized spacial score (nSPS) is 10.2. The van der Waals surface area contributed by atoms with Crippen LogP contribution in [0.1, 0.15) is 17.8 Å². The monoisotopic (exact) mass is 218 g/mol. The van der Waals surface area contributed by atoms with Crippen molar-refractivity contribution in [2.24, 2.45) is 0 Å². The number of unbranched alkanes of at least 4 members (excludes halogenated alkanes) is 1. The average Bonchev–Trinajstić information content (AvgIpc) is 2.51. The van der Waals surface area contributed by atoms with E-state index in [1.165, 1.54) is 11.3 Å². The summed E-state index contributed by atoms with van der Waals surface area (Å²) in [5.41, 5.74) is 0. The van der Waals surface area contributed by atoms with Crippen molar-refractivity contribution in [3.8, 4) is 0 Å². The molecular formula is C8H11ClN2OS. The van der Waals surface area contributed by atoms with Crippen molar-refractivity contribution in [3.63, 3.8) is 0 Å². The maximum atomic E-state index is 5.60. The second kappa shape index (κ2) is 6.07. The highest BCUT2D eigenvalue weighted by molar-refractivity contribution is 7.15. The predicted octanol–water partition coefficient (Wildman–Crippen LogP) is 2.67. The summed E-state index contributed by atoms with van der Waals surface area (Å²) in [6.45, 7) is 4.85. The van der Waals surface area contributed by atoms with E-state index in [9.17, 15) is 0 Å². The number of aromatic nitrogens is 2. The Bertz CT molecular complexity index is 264. The number of nitrogens with zero attached hydrogens (tertiary/aromatic N) is 2. The third kappa shape index (κ3) is 4.36. The molecule has 0 aliphatic carbocycles. The van der Waals surface area contributed by atoms with Gasteiger partial charge in [0.15, 0.2) is 0 Å². The molecule has 0 saturated carbocycles. The van der Waals surface area contributed by atoms with Gasteiger partial charge in [0.05, 0.1) is 0 Å². The van der Waals surface area contributed by atoms with E-state index in [1.807, 2.05) is 6.08 Å². The lowest BCUT2D eigenvalue weighted by molar-refractivity contribution is 0.118. The highest BCUT2D eigenvalue weighted by Gasteiger charge is 2.00. The van der Waals surface area contributed by atoms with Crippen molar-refractivity contribution in [1.29, 1.82) is 0 Å². The van der Waals surface area contributed by atoms with Gasteiger partial charge in [0, 0.05) is 6.61 Å². The zero-order chi connectivity index (χ0) is 9.52. The highest BCUT2D eigenvalue weighted by atomic mass is 35.5. The van der Waals surface area contributed by atoms with Crippen LogP contribution in [0.15, 0.2) is 12.7 Å². The van der Waals surface area contributed by atoms with Crippen LogP contribution in [0, 0.1) is 0 Å². The van der Waals surface area contributed by atoms with Crippen LogP contribution in [0.3, 0.4) is 0 Å². The van der Waals surface area contributed by atoms with Gasteiger partial charge in [-0.3, -0.25) is 0 Å². The van der Waals surface area contributed by atoms with Gasteiger partial charge in [0.25, 0.3) is 0 Å². The van der Waals surface area contributed by atoms with E-state index in [-0.39, 0.29) is 0 Å². The second-order valence-corrected chi connectivity index (χ2v) is 4.08. The van der Waals surface area contributed by atoms with Gasteiger partial charge in [0.1, 0.15) is 11.6 Å². The van der Waals surface area contributed by atoms with Crippen LogP contribution >= 0.6 is 22.9 Å². The number of allylic oxidation sites excluding steroid dienone is 1. The molecule has 1 heterocycles. The van der Waals surface area contributed by atoms with Gasteiger partial charge in [-0.2, -0.15) is 0 Å². The summed E-state index contributed by atoms with van der Waals surface area (Å²) in [6.07, 6.45) is 3.86. The van der Waals surface area contributed by atoms with Gasteiger partial charge in [-0.1, -0.05) is 17.4 Å². The first-order chi connectivity index (χ1) is 6.33. The van der Waals surface area contributed by atoms with Crippen molar-refractivity contribution >= 4 is 22.9 Å². The Morgan fingerprint density at radius 3 is 3.00 bits per heavy atom. The third-order valence-corrected chi connectivity index (χ3v) is 2.36. The molecule has 0 aliphatic heterocycles. The molecule has 3 nitrogen and oxygen atoms in total. The van der Waals surface area contributed by atoms with E-state index >= 15 is 0 Å². The lowest BCUT2D eigenvalue weighted by Crippen LogP contribution is -1.94. The molecule has 0 N–H and O–H groups in total. The Balaban J connectivity index is 2.09. The quantitative estimate of drug-likeness (QED) is 0.544. The van der Waals surface area contributed by atoms with E-state index < -0.39 is 0 Å². The summed E-state index contributed by atoms with van der Waals surface area (Å²) in [4.78, 5) is 0. The molecule has 1 rings (SSSR count). The highest BCUT2D eigenvalue weighted by Crippen LogP contribution is 2.15. The molecule has 1 aromatic rings. The Labute approximate surface area is 86.4 Å². The lowest BCUT2D eigenvalue weighted by Gasteiger charge is -1.98. The molecule has 5 heteroatoms. The summed E-state index contributed by atoms with van der Waals surface area (Å²) in [7, 11) is 0. The van der Waals surface area contributed by atoms with Crippen LogP contribution in [0.2, 0.25) is 4.47 Å².